The van der Waals surface area contributed by atoms with E-state index < -0.39 is 0 Å². The summed E-state index contributed by atoms with van der Waals surface area (Å²) in [6.45, 7) is 1.56. The maximum absolute atomic E-state index is 11.1. The molecule has 0 atom stereocenters. The lowest BCUT2D eigenvalue weighted by Crippen LogP contribution is -1.93. The van der Waals surface area contributed by atoms with Crippen molar-refractivity contribution in [1.82, 2.24) is 0 Å². The van der Waals surface area contributed by atoms with Gasteiger partial charge in [-0.15, -0.1) is 0 Å². The van der Waals surface area contributed by atoms with Gasteiger partial charge >= 0.3 is 0 Å². The van der Waals surface area contributed by atoms with E-state index in [1.54, 1.807) is 19.1 Å². The Morgan fingerprint density at radius 2 is 1.41 bits per heavy atom. The molecule has 2 aromatic carbocycles. The lowest BCUT2D eigenvalue weighted by molar-refractivity contribution is 0.101. The van der Waals surface area contributed by atoms with Crippen LogP contribution in [0.25, 0.3) is 0 Å². The highest BCUT2D eigenvalue weighted by Gasteiger charge is 2.00. The molecule has 2 heteroatoms. The zero-order valence-electron chi connectivity index (χ0n) is 9.68. The topological polar surface area (TPSA) is 37.3 Å². The van der Waals surface area contributed by atoms with Gasteiger partial charge in [0, 0.05) is 5.56 Å². The van der Waals surface area contributed by atoms with Crippen molar-refractivity contribution in [2.75, 3.05) is 0 Å². The Kier molecular flexibility index (Phi) is 3.24. The molecule has 0 radical (unpaired) electrons. The third-order valence-corrected chi connectivity index (χ3v) is 2.71. The first-order chi connectivity index (χ1) is 8.15. The van der Waals surface area contributed by atoms with Gasteiger partial charge in [-0.3, -0.25) is 4.79 Å². The largest absolute Gasteiger partial charge is 0.508 e. The van der Waals surface area contributed by atoms with Crippen molar-refractivity contribution < 1.29 is 9.90 Å². The molecule has 86 valence electrons. The van der Waals surface area contributed by atoms with Crippen molar-refractivity contribution in [3.8, 4) is 5.75 Å². The number of rotatable bonds is 3. The predicted octanol–water partition coefficient (Wildman–Crippen LogP) is 3.19. The number of hydrogen-bond acceptors (Lipinski definition) is 2. The van der Waals surface area contributed by atoms with E-state index in [4.69, 9.17) is 0 Å². The van der Waals surface area contributed by atoms with Crippen molar-refractivity contribution in [3.05, 3.63) is 65.2 Å². The minimum absolute atomic E-state index is 0.0844. The summed E-state index contributed by atoms with van der Waals surface area (Å²) in [5.74, 6) is 0.363. The van der Waals surface area contributed by atoms with Crippen LogP contribution in [-0.2, 0) is 6.42 Å². The molecule has 1 N–H and O–H groups in total. The number of Topliss-reactive ketones (excluding diaryl/α,β-unsaturated/α-hetero) is 1. The van der Waals surface area contributed by atoms with Crippen molar-refractivity contribution in [2.45, 2.75) is 13.3 Å². The van der Waals surface area contributed by atoms with Gasteiger partial charge in [0.05, 0.1) is 0 Å². The lowest BCUT2D eigenvalue weighted by Gasteiger charge is -2.03. The van der Waals surface area contributed by atoms with Crippen LogP contribution in [0.2, 0.25) is 0 Å². The van der Waals surface area contributed by atoms with Crippen LogP contribution in [-0.4, -0.2) is 10.9 Å². The normalized spacial score (nSPS) is 10.2. The Bertz CT molecular complexity index is 510. The first-order valence-corrected chi connectivity index (χ1v) is 5.53. The molecule has 2 rings (SSSR count). The Balaban J connectivity index is 2.13. The van der Waals surface area contributed by atoms with E-state index in [1.165, 1.54) is 0 Å². The van der Waals surface area contributed by atoms with E-state index in [2.05, 4.69) is 0 Å². The molecule has 0 aromatic heterocycles. The van der Waals surface area contributed by atoms with E-state index in [0.717, 1.165) is 23.1 Å². The first-order valence-electron chi connectivity index (χ1n) is 5.53. The lowest BCUT2D eigenvalue weighted by atomic mass is 10.0. The van der Waals surface area contributed by atoms with E-state index in [0.29, 0.717) is 0 Å². The van der Waals surface area contributed by atoms with E-state index >= 15 is 0 Å². The van der Waals surface area contributed by atoms with Crippen LogP contribution in [0.3, 0.4) is 0 Å². The van der Waals surface area contributed by atoms with Crippen LogP contribution in [0.5, 0.6) is 5.75 Å². The van der Waals surface area contributed by atoms with Crippen LogP contribution in [0.15, 0.2) is 48.5 Å². The highest BCUT2D eigenvalue weighted by Crippen LogP contribution is 2.14. The Morgan fingerprint density at radius 1 is 0.941 bits per heavy atom. The van der Waals surface area contributed by atoms with Crippen LogP contribution >= 0.6 is 0 Å². The molecule has 0 unspecified atom stereocenters. The Hall–Kier alpha value is -2.09. The molecular formula is C15H14O2. The van der Waals surface area contributed by atoms with Gasteiger partial charge in [-0.2, -0.15) is 0 Å². The summed E-state index contributed by atoms with van der Waals surface area (Å²) in [5.41, 5.74) is 3.03. The van der Waals surface area contributed by atoms with Gasteiger partial charge in [-0.1, -0.05) is 36.4 Å². The number of aromatic hydroxyl groups is 1. The van der Waals surface area contributed by atoms with Gasteiger partial charge in [-0.25, -0.2) is 0 Å². The molecule has 2 nitrogen and oxygen atoms in total. The number of ketones is 1. The maximum Gasteiger partial charge on any atom is 0.159 e. The molecule has 0 spiro atoms. The molecule has 0 bridgehead atoms. The van der Waals surface area contributed by atoms with Crippen LogP contribution in [0, 0.1) is 0 Å². The fourth-order valence-corrected chi connectivity index (χ4v) is 1.71. The Morgan fingerprint density at radius 3 is 1.88 bits per heavy atom. The van der Waals surface area contributed by atoms with Gasteiger partial charge in [0.2, 0.25) is 0 Å². The van der Waals surface area contributed by atoms with Gasteiger partial charge in [0.15, 0.2) is 5.78 Å². The second-order valence-electron chi connectivity index (χ2n) is 4.10. The average Bonchev–Trinajstić information content (AvgIpc) is 2.33. The Labute approximate surface area is 101 Å². The van der Waals surface area contributed by atoms with E-state index in [9.17, 15) is 9.90 Å². The third kappa shape index (κ3) is 2.94. The van der Waals surface area contributed by atoms with Gasteiger partial charge in [-0.05, 0) is 36.6 Å². The molecule has 0 aliphatic rings. The average molecular weight is 226 g/mol. The van der Waals surface area contributed by atoms with Crippen LogP contribution < -0.4 is 0 Å². The zero-order chi connectivity index (χ0) is 12.3. The minimum atomic E-state index is 0.0844. The molecule has 0 aliphatic heterocycles. The fourth-order valence-electron chi connectivity index (χ4n) is 1.71. The zero-order valence-corrected chi connectivity index (χ0v) is 9.68. The predicted molar refractivity (Wildman–Crippen MR) is 67.4 cm³/mol. The summed E-state index contributed by atoms with van der Waals surface area (Å²) in [6.07, 6.45) is 0.804. The molecule has 17 heavy (non-hydrogen) atoms. The molecule has 0 saturated carbocycles. The third-order valence-electron chi connectivity index (χ3n) is 2.71. The molecule has 2 aromatic rings. The monoisotopic (exact) mass is 226 g/mol. The molecule has 0 amide bonds. The fraction of sp³-hybridized carbons (Fsp3) is 0.133. The number of carbonyl (C=O) groups excluding carboxylic acids is 1. The number of carbonyl (C=O) groups is 1. The SMILES string of the molecule is CC(=O)c1ccc(Cc2ccc(O)cc2)cc1. The van der Waals surface area contributed by atoms with E-state index in [-0.39, 0.29) is 11.5 Å². The minimum Gasteiger partial charge on any atom is -0.508 e. The summed E-state index contributed by atoms with van der Waals surface area (Å²) in [5, 5.41) is 9.18. The number of phenols is 1. The van der Waals surface area contributed by atoms with E-state index in [1.807, 2.05) is 36.4 Å². The summed E-state index contributed by atoms with van der Waals surface area (Å²) >= 11 is 0. The second-order valence-corrected chi connectivity index (χ2v) is 4.10. The maximum atomic E-state index is 11.1. The summed E-state index contributed by atoms with van der Waals surface area (Å²) in [6, 6.07) is 14.8. The number of hydrogen-bond donors (Lipinski definition) is 1. The summed E-state index contributed by atoms with van der Waals surface area (Å²) < 4.78 is 0. The number of phenolic OH excluding ortho intramolecular Hbond substituents is 1. The number of benzene rings is 2. The van der Waals surface area contributed by atoms with Gasteiger partial charge in [0.25, 0.3) is 0 Å². The summed E-state index contributed by atoms with van der Waals surface area (Å²) in [4.78, 5) is 11.1. The molecule has 0 fully saturated rings. The van der Waals surface area contributed by atoms with Crippen molar-refractivity contribution in [1.29, 1.82) is 0 Å². The highest BCUT2D eigenvalue weighted by molar-refractivity contribution is 5.94. The van der Waals surface area contributed by atoms with Crippen molar-refractivity contribution in [2.24, 2.45) is 0 Å². The smallest absolute Gasteiger partial charge is 0.159 e. The highest BCUT2D eigenvalue weighted by atomic mass is 16.3. The standard InChI is InChI=1S/C15H14O2/c1-11(16)14-6-2-12(3-7-14)10-13-4-8-15(17)9-5-13/h2-9,17H,10H2,1H3. The second kappa shape index (κ2) is 4.83. The molecule has 0 saturated heterocycles. The van der Waals surface area contributed by atoms with Gasteiger partial charge in [0.1, 0.15) is 5.75 Å². The van der Waals surface area contributed by atoms with Crippen molar-refractivity contribution in [3.63, 3.8) is 0 Å². The molecule has 0 aliphatic carbocycles. The van der Waals surface area contributed by atoms with Gasteiger partial charge < -0.3 is 5.11 Å². The van der Waals surface area contributed by atoms with Crippen molar-refractivity contribution >= 4 is 5.78 Å². The van der Waals surface area contributed by atoms with Crippen LogP contribution in [0.4, 0.5) is 0 Å². The molecular weight excluding hydrogens is 212 g/mol. The summed E-state index contributed by atoms with van der Waals surface area (Å²) in [7, 11) is 0. The van der Waals surface area contributed by atoms with Crippen LogP contribution in [0.1, 0.15) is 28.4 Å². The quantitative estimate of drug-likeness (QED) is 0.816. The molecule has 0 heterocycles. The first kappa shape index (κ1) is 11.4.